The highest BCUT2D eigenvalue weighted by Crippen LogP contribution is 2.29. The molecule has 4 rings (SSSR count). The van der Waals surface area contributed by atoms with Crippen molar-refractivity contribution in [1.82, 2.24) is 19.9 Å². The summed E-state index contributed by atoms with van der Waals surface area (Å²) in [5, 5.41) is 8.38. The topological polar surface area (TPSA) is 60.2 Å². The summed E-state index contributed by atoms with van der Waals surface area (Å²) in [5.74, 6) is 0.835. The molecule has 0 saturated heterocycles. The first-order valence-corrected chi connectivity index (χ1v) is 9.62. The van der Waals surface area contributed by atoms with Crippen LogP contribution in [0.1, 0.15) is 60.6 Å². The van der Waals surface area contributed by atoms with Gasteiger partial charge in [-0.05, 0) is 24.5 Å². The molecule has 1 atom stereocenters. The maximum atomic E-state index is 12.7. The molecule has 1 aliphatic carbocycles. The van der Waals surface area contributed by atoms with E-state index < -0.39 is 0 Å². The van der Waals surface area contributed by atoms with Crippen molar-refractivity contribution in [2.75, 3.05) is 13.6 Å². The van der Waals surface area contributed by atoms with Crippen molar-refractivity contribution in [1.29, 1.82) is 0 Å². The van der Waals surface area contributed by atoms with Gasteiger partial charge < -0.3 is 9.64 Å². The van der Waals surface area contributed by atoms with Crippen LogP contribution in [-0.2, 0) is 6.42 Å². The van der Waals surface area contributed by atoms with Crippen LogP contribution in [0.15, 0.2) is 30.5 Å². The lowest BCUT2D eigenvalue weighted by Crippen LogP contribution is -2.36. The second-order valence-corrected chi connectivity index (χ2v) is 7.47. The highest BCUT2D eigenvalue weighted by atomic mass is 16.5. The summed E-state index contributed by atoms with van der Waals surface area (Å²) in [7, 11) is 1.80. The number of fused-ring (bicyclic) bond motifs is 1. The predicted octanol–water partition coefficient (Wildman–Crippen LogP) is 3.25. The van der Waals surface area contributed by atoms with E-state index in [9.17, 15) is 4.79 Å². The Hall–Kier alpha value is -2.37. The van der Waals surface area contributed by atoms with E-state index in [2.05, 4.69) is 16.4 Å². The van der Waals surface area contributed by atoms with Crippen LogP contribution in [0.3, 0.4) is 0 Å². The molecule has 0 N–H and O–H groups in total. The molecule has 1 aromatic heterocycles. The molecule has 6 nitrogen and oxygen atoms in total. The smallest absolute Gasteiger partial charge is 0.275 e. The van der Waals surface area contributed by atoms with Crippen LogP contribution >= 0.6 is 0 Å². The Morgan fingerprint density at radius 1 is 1.23 bits per heavy atom. The van der Waals surface area contributed by atoms with Crippen LogP contribution in [0.5, 0.6) is 5.75 Å². The van der Waals surface area contributed by atoms with Gasteiger partial charge in [0.15, 0.2) is 5.69 Å². The first kappa shape index (κ1) is 17.1. The predicted molar refractivity (Wildman–Crippen MR) is 98.3 cm³/mol. The number of aromatic nitrogens is 3. The third kappa shape index (κ3) is 3.59. The van der Waals surface area contributed by atoms with E-state index in [0.717, 1.165) is 25.0 Å². The van der Waals surface area contributed by atoms with Crippen molar-refractivity contribution in [3.05, 3.63) is 41.7 Å². The van der Waals surface area contributed by atoms with Crippen LogP contribution in [0.2, 0.25) is 0 Å². The quantitative estimate of drug-likeness (QED) is 0.791. The van der Waals surface area contributed by atoms with E-state index in [-0.39, 0.29) is 12.0 Å². The molecular formula is C20H26N4O2. The fourth-order valence-corrected chi connectivity index (χ4v) is 4.02. The number of hydrogen-bond acceptors (Lipinski definition) is 4. The summed E-state index contributed by atoms with van der Waals surface area (Å²) in [4.78, 5) is 14.4. The SMILES string of the molecule is CN(C[C@@H]1Cc2ccccc2O1)C(=O)c1cn(C2CCCCCC2)nn1. The third-order valence-corrected chi connectivity index (χ3v) is 5.47. The van der Waals surface area contributed by atoms with E-state index in [1.54, 1.807) is 11.9 Å². The monoisotopic (exact) mass is 354 g/mol. The molecule has 0 unspecified atom stereocenters. The van der Waals surface area contributed by atoms with Gasteiger partial charge >= 0.3 is 0 Å². The van der Waals surface area contributed by atoms with Gasteiger partial charge in [0.25, 0.3) is 5.91 Å². The first-order chi connectivity index (χ1) is 12.7. The van der Waals surface area contributed by atoms with E-state index in [1.165, 1.54) is 31.2 Å². The molecule has 6 heteroatoms. The van der Waals surface area contributed by atoms with Crippen LogP contribution in [0, 0.1) is 0 Å². The first-order valence-electron chi connectivity index (χ1n) is 9.62. The van der Waals surface area contributed by atoms with Crippen molar-refractivity contribution in [2.24, 2.45) is 0 Å². The number of amides is 1. The summed E-state index contributed by atoms with van der Waals surface area (Å²) in [6.07, 6.45) is 9.95. The average molecular weight is 354 g/mol. The van der Waals surface area contributed by atoms with Gasteiger partial charge in [0.1, 0.15) is 11.9 Å². The summed E-state index contributed by atoms with van der Waals surface area (Å²) in [5.41, 5.74) is 1.63. The normalized spacial score (nSPS) is 20.3. The Bertz CT molecular complexity index is 740. The number of nitrogens with zero attached hydrogens (tertiary/aromatic N) is 4. The van der Waals surface area contributed by atoms with Crippen molar-refractivity contribution >= 4 is 5.91 Å². The molecular weight excluding hydrogens is 328 g/mol. The van der Waals surface area contributed by atoms with Gasteiger partial charge in [-0.1, -0.05) is 49.1 Å². The number of carbonyl (C=O) groups is 1. The van der Waals surface area contributed by atoms with Gasteiger partial charge in [-0.3, -0.25) is 4.79 Å². The molecule has 2 aliphatic rings. The van der Waals surface area contributed by atoms with Gasteiger partial charge in [0.2, 0.25) is 0 Å². The molecule has 0 radical (unpaired) electrons. The third-order valence-electron chi connectivity index (χ3n) is 5.47. The summed E-state index contributed by atoms with van der Waals surface area (Å²) >= 11 is 0. The lowest BCUT2D eigenvalue weighted by molar-refractivity contribution is 0.0724. The average Bonchev–Trinajstić information content (AvgIpc) is 3.20. The molecule has 0 spiro atoms. The van der Waals surface area contributed by atoms with Crippen LogP contribution in [0.4, 0.5) is 0 Å². The molecule has 1 aliphatic heterocycles. The Balaban J connectivity index is 1.37. The van der Waals surface area contributed by atoms with E-state index in [0.29, 0.717) is 18.3 Å². The minimum absolute atomic E-state index is 0.00162. The number of likely N-dealkylation sites (N-methyl/N-ethyl adjacent to an activating group) is 1. The van der Waals surface area contributed by atoms with Crippen molar-refractivity contribution in [3.8, 4) is 5.75 Å². The van der Waals surface area contributed by atoms with Gasteiger partial charge in [-0.15, -0.1) is 5.10 Å². The number of carbonyl (C=O) groups excluding carboxylic acids is 1. The Morgan fingerprint density at radius 2 is 2.00 bits per heavy atom. The summed E-state index contributed by atoms with van der Waals surface area (Å²) in [6.45, 7) is 0.545. The molecule has 2 aromatic rings. The highest BCUT2D eigenvalue weighted by molar-refractivity contribution is 5.91. The Morgan fingerprint density at radius 3 is 2.77 bits per heavy atom. The molecule has 0 bridgehead atoms. The van der Waals surface area contributed by atoms with E-state index in [1.807, 2.05) is 29.1 Å². The van der Waals surface area contributed by atoms with Crippen molar-refractivity contribution in [2.45, 2.75) is 57.1 Å². The number of rotatable bonds is 4. The zero-order valence-electron chi connectivity index (χ0n) is 15.3. The second kappa shape index (κ2) is 7.48. The maximum absolute atomic E-state index is 12.7. The fourth-order valence-electron chi connectivity index (χ4n) is 4.02. The van der Waals surface area contributed by atoms with Crippen LogP contribution in [0.25, 0.3) is 0 Å². The van der Waals surface area contributed by atoms with Crippen molar-refractivity contribution in [3.63, 3.8) is 0 Å². The van der Waals surface area contributed by atoms with E-state index in [4.69, 9.17) is 4.74 Å². The lowest BCUT2D eigenvalue weighted by Gasteiger charge is -2.20. The van der Waals surface area contributed by atoms with Gasteiger partial charge in [0, 0.05) is 13.5 Å². The second-order valence-electron chi connectivity index (χ2n) is 7.47. The largest absolute Gasteiger partial charge is 0.488 e. The van der Waals surface area contributed by atoms with Gasteiger partial charge in [-0.2, -0.15) is 0 Å². The van der Waals surface area contributed by atoms with Gasteiger partial charge in [0.05, 0.1) is 18.8 Å². The van der Waals surface area contributed by atoms with Gasteiger partial charge in [-0.25, -0.2) is 4.68 Å². The number of benzene rings is 1. The number of hydrogen-bond donors (Lipinski definition) is 0. The number of para-hydroxylation sites is 1. The summed E-state index contributed by atoms with van der Waals surface area (Å²) in [6, 6.07) is 8.43. The lowest BCUT2D eigenvalue weighted by atomic mass is 10.1. The summed E-state index contributed by atoms with van der Waals surface area (Å²) < 4.78 is 7.84. The molecule has 2 heterocycles. The molecule has 1 amide bonds. The molecule has 138 valence electrons. The minimum Gasteiger partial charge on any atom is -0.488 e. The molecule has 1 saturated carbocycles. The van der Waals surface area contributed by atoms with Crippen molar-refractivity contribution < 1.29 is 9.53 Å². The fraction of sp³-hybridized carbons (Fsp3) is 0.550. The standard InChI is InChI=1S/C20H26N4O2/c1-23(13-17-12-15-8-6-7-11-19(15)26-17)20(25)18-14-24(22-21-18)16-9-4-2-3-5-10-16/h6-8,11,14,16-17H,2-5,9-10,12-13H2,1H3/t17-/m0/s1. The number of ether oxygens (including phenoxy) is 1. The van der Waals surface area contributed by atoms with Crippen LogP contribution < -0.4 is 4.74 Å². The maximum Gasteiger partial charge on any atom is 0.275 e. The highest BCUT2D eigenvalue weighted by Gasteiger charge is 2.27. The molecule has 26 heavy (non-hydrogen) atoms. The minimum atomic E-state index is -0.0931. The van der Waals surface area contributed by atoms with Crippen LogP contribution in [-0.4, -0.2) is 45.5 Å². The zero-order chi connectivity index (χ0) is 17.9. The Labute approximate surface area is 154 Å². The molecule has 1 fully saturated rings. The van der Waals surface area contributed by atoms with E-state index >= 15 is 0 Å². The molecule has 1 aromatic carbocycles. The zero-order valence-corrected chi connectivity index (χ0v) is 15.3. The Kier molecular flexibility index (Phi) is 4.91.